The third-order valence-electron chi connectivity index (χ3n) is 12.6. The predicted octanol–water partition coefficient (Wildman–Crippen LogP) is 2.22. The number of hydrogen-bond donors (Lipinski definition) is 3. The number of esters is 1. The van der Waals surface area contributed by atoms with E-state index in [1.807, 2.05) is 0 Å². The Morgan fingerprint density at radius 3 is 2.50 bits per heavy atom. The summed E-state index contributed by atoms with van der Waals surface area (Å²) in [6.07, 6.45) is 1.91. The zero-order valence-corrected chi connectivity index (χ0v) is 25.2. The molecule has 1 heterocycles. The molecule has 7 bridgehead atoms. The number of benzene rings is 1. The molecule has 3 N–H and O–H groups in total. The first kappa shape index (κ1) is 28.7. The summed E-state index contributed by atoms with van der Waals surface area (Å²) in [6, 6.07) is 6.89. The number of amides is 1. The quantitative estimate of drug-likeness (QED) is 0.414. The lowest BCUT2D eigenvalue weighted by Crippen LogP contribution is -2.83. The first-order chi connectivity index (χ1) is 20.1. The van der Waals surface area contributed by atoms with Crippen LogP contribution in [0.5, 0.6) is 0 Å². The van der Waals surface area contributed by atoms with Gasteiger partial charge in [0.05, 0.1) is 29.6 Å². The maximum Gasteiger partial charge on any atom is 0.340 e. The van der Waals surface area contributed by atoms with E-state index >= 15 is 0 Å². The van der Waals surface area contributed by atoms with Crippen molar-refractivity contribution in [1.82, 2.24) is 4.90 Å². The van der Waals surface area contributed by atoms with Crippen molar-refractivity contribution in [2.24, 2.45) is 29.1 Å². The second-order valence-electron chi connectivity index (χ2n) is 13.7. The van der Waals surface area contributed by atoms with E-state index in [4.69, 9.17) is 18.9 Å². The highest BCUT2D eigenvalue weighted by molar-refractivity contribution is 6.00. The monoisotopic (exact) mass is 584 g/mol. The Bertz CT molecular complexity index is 1290. The summed E-state index contributed by atoms with van der Waals surface area (Å²) < 4.78 is 25.1. The van der Waals surface area contributed by atoms with Crippen LogP contribution in [0.25, 0.3) is 0 Å². The lowest BCUT2D eigenvalue weighted by atomic mass is 9.44. The number of nitrogens with zero attached hydrogens (tertiary/aromatic N) is 1. The van der Waals surface area contributed by atoms with Crippen LogP contribution in [-0.2, 0) is 23.7 Å². The van der Waals surface area contributed by atoms with Crippen molar-refractivity contribution in [3.63, 3.8) is 0 Å². The number of anilines is 1. The fourth-order valence-corrected chi connectivity index (χ4v) is 11.6. The number of ether oxygens (including phenoxy) is 4. The van der Waals surface area contributed by atoms with Crippen LogP contribution in [-0.4, -0.2) is 103 Å². The maximum atomic E-state index is 14.0. The van der Waals surface area contributed by atoms with Crippen molar-refractivity contribution < 1.29 is 38.7 Å². The largest absolute Gasteiger partial charge is 0.454 e. The molecular formula is C32H44N2O8. The lowest BCUT2D eigenvalue weighted by Gasteiger charge is -2.70. The minimum atomic E-state index is -1.48. The highest BCUT2D eigenvalue weighted by Crippen LogP contribution is 2.79. The van der Waals surface area contributed by atoms with Crippen molar-refractivity contribution in [2.45, 2.75) is 87.1 Å². The summed E-state index contributed by atoms with van der Waals surface area (Å²) >= 11 is 0. The Balaban J connectivity index is 1.38. The van der Waals surface area contributed by atoms with Crippen LogP contribution < -0.4 is 5.32 Å². The lowest BCUT2D eigenvalue weighted by molar-refractivity contribution is -0.337. The van der Waals surface area contributed by atoms with Crippen LogP contribution in [0.4, 0.5) is 5.69 Å². The minimum absolute atomic E-state index is 0.0432. The summed E-state index contributed by atoms with van der Waals surface area (Å²) in [6.45, 7) is 4.79. The second-order valence-corrected chi connectivity index (χ2v) is 13.7. The molecule has 6 aliphatic rings. The number of methoxy groups -OCH3 is 3. The molecule has 5 aliphatic carbocycles. The van der Waals surface area contributed by atoms with Gasteiger partial charge in [0.15, 0.2) is 0 Å². The number of hydrogen-bond acceptors (Lipinski definition) is 9. The molecule has 6 fully saturated rings. The molecule has 1 spiro atoms. The van der Waals surface area contributed by atoms with E-state index in [9.17, 15) is 19.8 Å². The summed E-state index contributed by atoms with van der Waals surface area (Å²) in [5.74, 6) is -1.54. The minimum Gasteiger partial charge on any atom is -0.454 e. The topological polar surface area (TPSA) is 127 Å². The summed E-state index contributed by atoms with van der Waals surface area (Å²) in [7, 11) is 5.05. The zero-order chi connectivity index (χ0) is 29.8. The van der Waals surface area contributed by atoms with Crippen molar-refractivity contribution in [2.75, 3.05) is 39.7 Å². The van der Waals surface area contributed by atoms with Crippen LogP contribution in [0.2, 0.25) is 0 Å². The fourth-order valence-electron chi connectivity index (χ4n) is 11.6. The van der Waals surface area contributed by atoms with Gasteiger partial charge in [-0.3, -0.25) is 9.69 Å². The molecule has 1 aromatic rings. The van der Waals surface area contributed by atoms with Crippen LogP contribution in [0.1, 0.15) is 56.3 Å². The number of aliphatic hydroxyl groups is 2. The Morgan fingerprint density at radius 2 is 1.83 bits per heavy atom. The van der Waals surface area contributed by atoms with Gasteiger partial charge in [0.2, 0.25) is 5.91 Å². The van der Waals surface area contributed by atoms with Gasteiger partial charge in [-0.15, -0.1) is 0 Å². The molecule has 7 rings (SSSR count). The zero-order valence-electron chi connectivity index (χ0n) is 25.2. The third kappa shape index (κ3) is 3.21. The van der Waals surface area contributed by atoms with Crippen molar-refractivity contribution >= 4 is 17.6 Å². The predicted molar refractivity (Wildman–Crippen MR) is 152 cm³/mol. The molecular weight excluding hydrogens is 540 g/mol. The van der Waals surface area contributed by atoms with Gasteiger partial charge in [-0.1, -0.05) is 19.1 Å². The molecule has 1 aromatic carbocycles. The number of fused-ring (bicyclic) bond motifs is 2. The van der Waals surface area contributed by atoms with E-state index in [0.29, 0.717) is 56.4 Å². The normalized spacial score (nSPS) is 48.2. The standard InChI is InChI=1S/C32H44N2O8/c1-6-34-16-29(42-28(36)18-9-7-8-10-21(18)33-17(2)35)12-11-25(40-4)31-23(29)14-20(26(31)34)30(37)15-22(39-3)19-13-24(31)32(30,38)27(19)41-5/h7-10,19-20,22-27,37-38H,6,11-16H2,1-5H3,(H,33,35)/t19-,20-,22-,23+,24-,25+,26-,27-,29+,30-,31+,32-/m0/s1. The van der Waals surface area contributed by atoms with E-state index in [1.54, 1.807) is 45.6 Å². The highest BCUT2D eigenvalue weighted by atomic mass is 16.6. The number of rotatable bonds is 7. The van der Waals surface area contributed by atoms with Crippen LogP contribution in [0, 0.1) is 29.1 Å². The Labute approximate surface area is 247 Å². The fraction of sp³-hybridized carbons (Fsp3) is 0.750. The number of likely N-dealkylation sites (N-methyl/N-ethyl adjacent to an activating group) is 1. The van der Waals surface area contributed by atoms with Crippen molar-refractivity contribution in [1.29, 1.82) is 0 Å². The van der Waals surface area contributed by atoms with E-state index in [-0.39, 0.29) is 47.8 Å². The molecule has 0 aromatic heterocycles. The second kappa shape index (κ2) is 9.46. The van der Waals surface area contributed by atoms with Gasteiger partial charge in [-0.2, -0.15) is 0 Å². The summed E-state index contributed by atoms with van der Waals surface area (Å²) in [5.41, 5.74) is -3.57. The van der Waals surface area contributed by atoms with Crippen molar-refractivity contribution in [3.05, 3.63) is 29.8 Å². The smallest absolute Gasteiger partial charge is 0.340 e. The average Bonchev–Trinajstić information content (AvgIpc) is 3.39. The average molecular weight is 585 g/mol. The van der Waals surface area contributed by atoms with E-state index in [0.717, 1.165) is 0 Å². The molecule has 1 aliphatic heterocycles. The number of para-hydroxylation sites is 1. The van der Waals surface area contributed by atoms with Gasteiger partial charge in [0, 0.05) is 76.3 Å². The van der Waals surface area contributed by atoms with Gasteiger partial charge in [0.1, 0.15) is 16.8 Å². The highest BCUT2D eigenvalue weighted by Gasteiger charge is 2.89. The first-order valence-electron chi connectivity index (χ1n) is 15.4. The molecule has 12 atom stereocenters. The molecule has 5 saturated carbocycles. The molecule has 10 heteroatoms. The molecule has 10 nitrogen and oxygen atoms in total. The van der Waals surface area contributed by atoms with Gasteiger partial charge in [-0.05, 0) is 44.4 Å². The number of carbonyl (C=O) groups is 2. The third-order valence-corrected chi connectivity index (χ3v) is 12.6. The SMILES string of the molecule is CCN1C[C@]2(OC(=O)c3ccccc3NC(C)=O)CC[C@@H](OC)[C@@]34[C@@H]1[C@H](C[C@H]23)[C@@]1(O)C[C@H](OC)[C@@H]2C[C@@H]4[C@]1(O)[C@H]2OC. The molecule has 1 saturated heterocycles. The Morgan fingerprint density at radius 1 is 1.07 bits per heavy atom. The number of likely N-dealkylation sites (tertiary alicyclic amines) is 1. The maximum absolute atomic E-state index is 14.0. The van der Waals surface area contributed by atoms with E-state index < -0.39 is 34.3 Å². The van der Waals surface area contributed by atoms with E-state index in [2.05, 4.69) is 17.1 Å². The molecule has 1 amide bonds. The van der Waals surface area contributed by atoms with Crippen LogP contribution in [0.3, 0.4) is 0 Å². The van der Waals surface area contributed by atoms with Gasteiger partial charge < -0.3 is 34.5 Å². The molecule has 230 valence electrons. The van der Waals surface area contributed by atoms with Gasteiger partial charge in [0.25, 0.3) is 0 Å². The van der Waals surface area contributed by atoms with Crippen LogP contribution in [0.15, 0.2) is 24.3 Å². The summed E-state index contributed by atoms with van der Waals surface area (Å²) in [4.78, 5) is 28.3. The van der Waals surface area contributed by atoms with Crippen LogP contribution >= 0.6 is 0 Å². The number of nitrogens with one attached hydrogen (secondary N) is 1. The van der Waals surface area contributed by atoms with E-state index in [1.165, 1.54) is 6.92 Å². The molecule has 0 radical (unpaired) electrons. The van der Waals surface area contributed by atoms with Gasteiger partial charge in [-0.25, -0.2) is 4.79 Å². The number of piperidine rings is 1. The van der Waals surface area contributed by atoms with Crippen molar-refractivity contribution in [3.8, 4) is 0 Å². The molecule has 42 heavy (non-hydrogen) atoms. The summed E-state index contributed by atoms with van der Waals surface area (Å²) in [5, 5.41) is 28.4. The first-order valence-corrected chi connectivity index (χ1v) is 15.4. The molecule has 0 unspecified atom stereocenters. The number of carbonyl (C=O) groups excluding carboxylic acids is 2. The van der Waals surface area contributed by atoms with Gasteiger partial charge >= 0.3 is 5.97 Å². The Hall–Kier alpha value is -2.08. The Kier molecular flexibility index (Phi) is 6.46.